The molecule has 0 N–H and O–H groups in total. The summed E-state index contributed by atoms with van der Waals surface area (Å²) in [6.07, 6.45) is -1.40. The van der Waals surface area contributed by atoms with Crippen LogP contribution in [-0.4, -0.2) is 17.6 Å². The molecule has 1 aromatic rings. The summed E-state index contributed by atoms with van der Waals surface area (Å²) in [5.74, 6) is -0.749. The summed E-state index contributed by atoms with van der Waals surface area (Å²) in [6.45, 7) is 3.28. The van der Waals surface area contributed by atoms with Crippen LogP contribution in [0.1, 0.15) is 35.0 Å². The summed E-state index contributed by atoms with van der Waals surface area (Å²) in [6, 6.07) is 0. The van der Waals surface area contributed by atoms with E-state index in [1.807, 2.05) is 0 Å². The number of carbonyl (C=O) groups is 1. The van der Waals surface area contributed by atoms with Crippen LogP contribution in [0.25, 0.3) is 0 Å². The van der Waals surface area contributed by atoms with Crippen molar-refractivity contribution in [3.63, 3.8) is 0 Å². The van der Waals surface area contributed by atoms with E-state index in [2.05, 4.69) is 4.98 Å². The molecule has 0 aliphatic carbocycles. The first-order chi connectivity index (χ1) is 7.49. The maximum Gasteiger partial charge on any atom is 0.340 e. The first kappa shape index (κ1) is 13.3. The van der Waals surface area contributed by atoms with E-state index in [1.54, 1.807) is 29.5 Å². The Morgan fingerprint density at radius 3 is 2.75 bits per heavy atom. The third kappa shape index (κ3) is 2.66. The van der Waals surface area contributed by atoms with Gasteiger partial charge in [-0.3, -0.25) is 4.98 Å². The van der Waals surface area contributed by atoms with Gasteiger partial charge in [-0.05, 0) is 36.4 Å². The summed E-state index contributed by atoms with van der Waals surface area (Å²) < 4.78 is 30.7. The second-order valence-electron chi connectivity index (χ2n) is 3.00. The van der Waals surface area contributed by atoms with Gasteiger partial charge < -0.3 is 4.74 Å². The van der Waals surface area contributed by atoms with Crippen molar-refractivity contribution in [3.8, 4) is 0 Å². The molecule has 0 atom stereocenters. The number of rotatable bonds is 3. The Bertz CT molecular complexity index is 410. The average molecular weight is 341 g/mol. The molecular weight excluding hydrogens is 331 g/mol. The number of ether oxygens (including phenoxy) is 1. The summed E-state index contributed by atoms with van der Waals surface area (Å²) in [5.41, 5.74) is -0.163. The molecule has 0 aliphatic rings. The molecule has 0 aromatic carbocycles. The quantitative estimate of drug-likeness (QED) is 0.627. The van der Waals surface area contributed by atoms with E-state index in [1.165, 1.54) is 13.1 Å². The predicted molar refractivity (Wildman–Crippen MR) is 62.6 cm³/mol. The van der Waals surface area contributed by atoms with Crippen molar-refractivity contribution in [2.24, 2.45) is 0 Å². The third-order valence-electron chi connectivity index (χ3n) is 1.96. The zero-order valence-corrected chi connectivity index (χ0v) is 10.9. The molecule has 0 fully saturated rings. The molecule has 0 unspecified atom stereocenters. The lowest BCUT2D eigenvalue weighted by molar-refractivity contribution is 0.0513. The Hall–Kier alpha value is -0.790. The molecular formula is C10H10F2INO2. The van der Waals surface area contributed by atoms with Crippen molar-refractivity contribution in [3.05, 3.63) is 26.6 Å². The molecule has 0 saturated heterocycles. The van der Waals surface area contributed by atoms with Gasteiger partial charge in [0.2, 0.25) is 0 Å². The van der Waals surface area contributed by atoms with Gasteiger partial charge in [0.15, 0.2) is 0 Å². The van der Waals surface area contributed by atoms with E-state index >= 15 is 0 Å². The van der Waals surface area contributed by atoms with Crippen LogP contribution in [-0.2, 0) is 4.74 Å². The van der Waals surface area contributed by atoms with Gasteiger partial charge in [-0.2, -0.15) is 0 Å². The third-order valence-corrected chi connectivity index (χ3v) is 2.82. The van der Waals surface area contributed by atoms with Crippen LogP contribution in [0.5, 0.6) is 0 Å². The Balaban J connectivity index is 3.34. The zero-order valence-electron chi connectivity index (χ0n) is 8.76. The monoisotopic (exact) mass is 341 g/mol. The van der Waals surface area contributed by atoms with E-state index < -0.39 is 12.4 Å². The number of esters is 1. The number of hydrogen-bond donors (Lipinski definition) is 0. The number of aromatic nitrogens is 1. The molecule has 0 spiro atoms. The fourth-order valence-electron chi connectivity index (χ4n) is 1.28. The van der Waals surface area contributed by atoms with Crippen molar-refractivity contribution < 1.29 is 18.3 Å². The molecule has 0 amide bonds. The fourth-order valence-corrected chi connectivity index (χ4v) is 1.92. The van der Waals surface area contributed by atoms with E-state index in [9.17, 15) is 13.6 Å². The molecule has 0 bridgehead atoms. The smallest absolute Gasteiger partial charge is 0.340 e. The van der Waals surface area contributed by atoms with Gasteiger partial charge in [-0.25, -0.2) is 13.6 Å². The number of alkyl halides is 2. The van der Waals surface area contributed by atoms with Gasteiger partial charge in [0.1, 0.15) is 0 Å². The Kier molecular flexibility index (Phi) is 4.57. The minimum Gasteiger partial charge on any atom is -0.462 e. The first-order valence-electron chi connectivity index (χ1n) is 4.59. The topological polar surface area (TPSA) is 39.2 Å². The largest absolute Gasteiger partial charge is 0.462 e. The maximum absolute atomic E-state index is 12.8. The number of pyridine rings is 1. The molecule has 88 valence electrons. The molecule has 0 radical (unpaired) electrons. The molecule has 1 rings (SSSR count). The average Bonchev–Trinajstić information content (AvgIpc) is 2.20. The molecule has 1 heterocycles. The summed E-state index contributed by atoms with van der Waals surface area (Å²) in [7, 11) is 0. The standard InChI is InChI=1S/C10H10F2INO2/c1-3-16-10(15)7-5(2)14-4-6(13)8(7)9(11)12/h4,9H,3H2,1-2H3. The highest BCUT2D eigenvalue weighted by atomic mass is 127. The van der Waals surface area contributed by atoms with Crippen LogP contribution >= 0.6 is 22.6 Å². The highest BCUT2D eigenvalue weighted by Gasteiger charge is 2.25. The number of halogens is 3. The zero-order chi connectivity index (χ0) is 12.3. The normalized spacial score (nSPS) is 10.6. The predicted octanol–water partition coefficient (Wildman–Crippen LogP) is 3.11. The van der Waals surface area contributed by atoms with Crippen LogP contribution < -0.4 is 0 Å². The van der Waals surface area contributed by atoms with Gasteiger partial charge in [0.25, 0.3) is 6.43 Å². The van der Waals surface area contributed by atoms with Gasteiger partial charge in [0, 0.05) is 15.3 Å². The van der Waals surface area contributed by atoms with Gasteiger partial charge >= 0.3 is 5.97 Å². The minimum absolute atomic E-state index is 0.122. The molecule has 0 aliphatic heterocycles. The summed E-state index contributed by atoms with van der Waals surface area (Å²) in [5, 5.41) is 0. The lowest BCUT2D eigenvalue weighted by Gasteiger charge is -2.11. The number of carbonyl (C=O) groups excluding carboxylic acids is 1. The Labute approximate surface area is 105 Å². The van der Waals surface area contributed by atoms with Crippen LogP contribution in [0.2, 0.25) is 0 Å². The van der Waals surface area contributed by atoms with Crippen LogP contribution in [0.3, 0.4) is 0 Å². The molecule has 0 saturated carbocycles. The van der Waals surface area contributed by atoms with Crippen molar-refractivity contribution in [1.82, 2.24) is 4.98 Å². The lowest BCUT2D eigenvalue weighted by Crippen LogP contribution is -2.13. The highest BCUT2D eigenvalue weighted by molar-refractivity contribution is 14.1. The SMILES string of the molecule is CCOC(=O)c1c(C)ncc(I)c1C(F)F. The highest BCUT2D eigenvalue weighted by Crippen LogP contribution is 2.29. The second kappa shape index (κ2) is 5.51. The summed E-state index contributed by atoms with van der Waals surface area (Å²) >= 11 is 1.73. The van der Waals surface area contributed by atoms with Crippen LogP contribution in [0.4, 0.5) is 8.78 Å². The van der Waals surface area contributed by atoms with Crippen molar-refractivity contribution >= 4 is 28.6 Å². The van der Waals surface area contributed by atoms with E-state index in [0.717, 1.165) is 0 Å². The summed E-state index contributed by atoms with van der Waals surface area (Å²) in [4.78, 5) is 15.4. The van der Waals surface area contributed by atoms with E-state index in [0.29, 0.717) is 0 Å². The molecule has 3 nitrogen and oxygen atoms in total. The first-order valence-corrected chi connectivity index (χ1v) is 5.67. The van der Waals surface area contributed by atoms with Gasteiger partial charge in [0.05, 0.1) is 17.9 Å². The maximum atomic E-state index is 12.8. The Morgan fingerprint density at radius 2 is 2.25 bits per heavy atom. The minimum atomic E-state index is -2.71. The van der Waals surface area contributed by atoms with Gasteiger partial charge in [-0.15, -0.1) is 0 Å². The van der Waals surface area contributed by atoms with Crippen LogP contribution in [0.15, 0.2) is 6.20 Å². The fraction of sp³-hybridized carbons (Fsp3) is 0.400. The van der Waals surface area contributed by atoms with Crippen molar-refractivity contribution in [2.45, 2.75) is 20.3 Å². The second-order valence-corrected chi connectivity index (χ2v) is 4.16. The van der Waals surface area contributed by atoms with Crippen LogP contribution in [0, 0.1) is 10.5 Å². The van der Waals surface area contributed by atoms with Gasteiger partial charge in [-0.1, -0.05) is 0 Å². The Morgan fingerprint density at radius 1 is 1.62 bits per heavy atom. The number of aryl methyl sites for hydroxylation is 1. The van der Waals surface area contributed by atoms with Crippen molar-refractivity contribution in [1.29, 1.82) is 0 Å². The lowest BCUT2D eigenvalue weighted by atomic mass is 10.1. The molecule has 1 aromatic heterocycles. The molecule has 6 heteroatoms. The van der Waals surface area contributed by atoms with E-state index in [-0.39, 0.29) is 27.0 Å². The number of hydrogen-bond acceptors (Lipinski definition) is 3. The van der Waals surface area contributed by atoms with E-state index in [4.69, 9.17) is 4.74 Å². The van der Waals surface area contributed by atoms with Crippen molar-refractivity contribution in [2.75, 3.05) is 6.61 Å². The number of nitrogens with zero attached hydrogens (tertiary/aromatic N) is 1. The molecule has 16 heavy (non-hydrogen) atoms.